The molecule has 1 atom stereocenters. The number of aromatic amines is 1. The molecule has 2 heterocycles. The van der Waals surface area contributed by atoms with Crippen molar-refractivity contribution in [3.63, 3.8) is 0 Å². The lowest BCUT2D eigenvalue weighted by atomic mass is 10.1. The zero-order valence-corrected chi connectivity index (χ0v) is 13.7. The van der Waals surface area contributed by atoms with Crippen molar-refractivity contribution in [1.82, 2.24) is 10.2 Å². The van der Waals surface area contributed by atoms with Crippen LogP contribution < -0.4 is 20.9 Å². The van der Waals surface area contributed by atoms with Crippen molar-refractivity contribution in [2.45, 2.75) is 13.0 Å². The van der Waals surface area contributed by atoms with Crippen LogP contribution in [-0.4, -0.2) is 28.1 Å². The van der Waals surface area contributed by atoms with Gasteiger partial charge in [0.2, 0.25) is 0 Å². The summed E-state index contributed by atoms with van der Waals surface area (Å²) < 4.78 is 5.48. The fraction of sp³-hybridized carbons (Fsp3) is 0.111. The lowest BCUT2D eigenvalue weighted by Crippen LogP contribution is -2.34. The Balaban J connectivity index is 1.66. The van der Waals surface area contributed by atoms with Crippen LogP contribution in [0.4, 0.5) is 11.4 Å². The lowest BCUT2D eigenvalue weighted by molar-refractivity contribution is -0.122. The van der Waals surface area contributed by atoms with Crippen molar-refractivity contribution in [2.75, 3.05) is 10.6 Å². The van der Waals surface area contributed by atoms with Gasteiger partial charge in [-0.25, -0.2) is 5.10 Å². The van der Waals surface area contributed by atoms with Crippen molar-refractivity contribution in [1.29, 1.82) is 0 Å². The monoisotopic (exact) mass is 350 g/mol. The first-order valence-corrected chi connectivity index (χ1v) is 7.93. The minimum atomic E-state index is -0.570. The van der Waals surface area contributed by atoms with E-state index in [2.05, 4.69) is 20.8 Å². The molecule has 0 unspecified atom stereocenters. The molecule has 4 rings (SSSR count). The largest absolute Gasteiger partial charge is 0.479 e. The van der Waals surface area contributed by atoms with Crippen LogP contribution in [0.15, 0.2) is 47.3 Å². The van der Waals surface area contributed by atoms with E-state index >= 15 is 0 Å². The number of aromatic nitrogens is 2. The third kappa shape index (κ3) is 2.67. The van der Waals surface area contributed by atoms with Gasteiger partial charge >= 0.3 is 0 Å². The number of rotatable bonds is 2. The van der Waals surface area contributed by atoms with Crippen LogP contribution in [0, 0.1) is 0 Å². The van der Waals surface area contributed by atoms with E-state index in [0.29, 0.717) is 27.9 Å². The van der Waals surface area contributed by atoms with Crippen LogP contribution in [0.2, 0.25) is 0 Å². The second kappa shape index (κ2) is 5.99. The number of fused-ring (bicyclic) bond motifs is 2. The second-order valence-corrected chi connectivity index (χ2v) is 5.86. The Morgan fingerprint density at radius 2 is 1.92 bits per heavy atom. The Morgan fingerprint density at radius 1 is 1.15 bits per heavy atom. The quantitative estimate of drug-likeness (QED) is 0.653. The number of ether oxygens (including phenoxy) is 1. The number of nitrogens with one attached hydrogen (secondary N) is 3. The zero-order valence-electron chi connectivity index (χ0n) is 13.7. The fourth-order valence-electron chi connectivity index (χ4n) is 2.76. The van der Waals surface area contributed by atoms with Gasteiger partial charge in [-0.3, -0.25) is 14.4 Å². The van der Waals surface area contributed by atoms with Crippen molar-refractivity contribution < 1.29 is 14.3 Å². The number of carbonyl (C=O) groups excluding carboxylic acids is 2. The molecule has 1 aromatic heterocycles. The average molecular weight is 350 g/mol. The normalized spacial score (nSPS) is 15.7. The number of anilines is 2. The maximum Gasteiger partial charge on any atom is 0.276 e. The highest BCUT2D eigenvalue weighted by Gasteiger charge is 2.24. The minimum absolute atomic E-state index is 0.104. The summed E-state index contributed by atoms with van der Waals surface area (Å²) in [5.41, 5.74) is 0.682. The van der Waals surface area contributed by atoms with E-state index in [9.17, 15) is 14.4 Å². The molecule has 0 bridgehead atoms. The Kier molecular flexibility index (Phi) is 3.65. The first-order chi connectivity index (χ1) is 12.5. The topological polar surface area (TPSA) is 113 Å². The van der Waals surface area contributed by atoms with Gasteiger partial charge in [0.05, 0.1) is 11.1 Å². The van der Waals surface area contributed by atoms with Gasteiger partial charge in [-0.1, -0.05) is 18.2 Å². The summed E-state index contributed by atoms with van der Waals surface area (Å²) in [7, 11) is 0. The smallest absolute Gasteiger partial charge is 0.276 e. The summed E-state index contributed by atoms with van der Waals surface area (Å²) in [6.45, 7) is 1.65. The van der Waals surface area contributed by atoms with Gasteiger partial charge in [0.1, 0.15) is 5.75 Å². The van der Waals surface area contributed by atoms with E-state index in [1.807, 2.05) is 0 Å². The van der Waals surface area contributed by atoms with E-state index in [4.69, 9.17) is 4.74 Å². The molecule has 0 saturated carbocycles. The molecule has 0 spiro atoms. The Bertz CT molecular complexity index is 1110. The van der Waals surface area contributed by atoms with E-state index in [-0.39, 0.29) is 17.2 Å². The summed E-state index contributed by atoms with van der Waals surface area (Å²) in [5, 5.41) is 12.5. The average Bonchev–Trinajstić information content (AvgIpc) is 2.63. The third-order valence-corrected chi connectivity index (χ3v) is 4.08. The van der Waals surface area contributed by atoms with Gasteiger partial charge in [0, 0.05) is 11.1 Å². The van der Waals surface area contributed by atoms with Crippen molar-refractivity contribution in [3.05, 3.63) is 58.5 Å². The molecule has 26 heavy (non-hydrogen) atoms. The molecule has 8 heteroatoms. The van der Waals surface area contributed by atoms with Gasteiger partial charge < -0.3 is 15.4 Å². The Labute approximate surface area is 147 Å². The molecule has 1 aliphatic rings. The zero-order chi connectivity index (χ0) is 18.3. The van der Waals surface area contributed by atoms with Crippen molar-refractivity contribution in [2.24, 2.45) is 0 Å². The summed E-state index contributed by atoms with van der Waals surface area (Å²) in [6, 6.07) is 11.7. The highest BCUT2D eigenvalue weighted by Crippen LogP contribution is 2.32. The Hall–Kier alpha value is -3.68. The molecule has 3 N–H and O–H groups in total. The highest BCUT2D eigenvalue weighted by atomic mass is 16.5. The van der Waals surface area contributed by atoms with Crippen LogP contribution >= 0.6 is 0 Å². The fourth-order valence-corrected chi connectivity index (χ4v) is 2.76. The van der Waals surface area contributed by atoms with Crippen LogP contribution in [-0.2, 0) is 4.79 Å². The number of H-pyrrole nitrogens is 1. The summed E-state index contributed by atoms with van der Waals surface area (Å²) in [5.74, 6) is -0.203. The number of amides is 2. The molecule has 3 aromatic rings. The molecule has 0 fully saturated rings. The predicted molar refractivity (Wildman–Crippen MR) is 95.5 cm³/mol. The number of benzene rings is 2. The molecule has 130 valence electrons. The minimum Gasteiger partial charge on any atom is -0.479 e. The number of hydrogen-bond acceptors (Lipinski definition) is 5. The molecule has 0 saturated heterocycles. The van der Waals surface area contributed by atoms with Crippen molar-refractivity contribution in [3.8, 4) is 5.75 Å². The molecular formula is C18H14N4O4. The first kappa shape index (κ1) is 15.8. The van der Waals surface area contributed by atoms with Gasteiger partial charge in [-0.05, 0) is 31.2 Å². The summed E-state index contributed by atoms with van der Waals surface area (Å²) in [6.07, 6.45) is -0.570. The number of nitrogens with zero attached hydrogens (tertiary/aromatic N) is 1. The first-order valence-electron chi connectivity index (χ1n) is 7.93. The number of carbonyl (C=O) groups is 2. The van der Waals surface area contributed by atoms with Gasteiger partial charge in [0.15, 0.2) is 11.8 Å². The summed E-state index contributed by atoms with van der Waals surface area (Å²) >= 11 is 0. The Morgan fingerprint density at radius 3 is 2.73 bits per heavy atom. The van der Waals surface area contributed by atoms with E-state index in [0.717, 1.165) is 0 Å². The van der Waals surface area contributed by atoms with E-state index in [1.165, 1.54) is 0 Å². The van der Waals surface area contributed by atoms with Crippen molar-refractivity contribution >= 4 is 34.0 Å². The lowest BCUT2D eigenvalue weighted by Gasteiger charge is -2.23. The molecule has 2 aromatic carbocycles. The molecule has 8 nitrogen and oxygen atoms in total. The van der Waals surface area contributed by atoms with Crippen LogP contribution in [0.25, 0.3) is 10.8 Å². The highest BCUT2D eigenvalue weighted by molar-refractivity contribution is 6.11. The maximum atomic E-state index is 12.6. The third-order valence-electron chi connectivity index (χ3n) is 4.08. The predicted octanol–water partition coefficient (Wildman–Crippen LogP) is 1.89. The van der Waals surface area contributed by atoms with Crippen LogP contribution in [0.5, 0.6) is 5.75 Å². The molecule has 1 aliphatic heterocycles. The van der Waals surface area contributed by atoms with Gasteiger partial charge in [-0.15, -0.1) is 0 Å². The maximum absolute atomic E-state index is 12.6. The number of hydrogen-bond donors (Lipinski definition) is 3. The van der Waals surface area contributed by atoms with E-state index in [1.54, 1.807) is 49.4 Å². The molecule has 0 aliphatic carbocycles. The van der Waals surface area contributed by atoms with Gasteiger partial charge in [-0.2, -0.15) is 5.10 Å². The SMILES string of the molecule is C[C@@H]1Oc2ccc(NC(=O)c3n[nH]c(=O)c4ccccc34)cc2NC1=O. The summed E-state index contributed by atoms with van der Waals surface area (Å²) in [4.78, 5) is 36.2. The van der Waals surface area contributed by atoms with Crippen LogP contribution in [0.1, 0.15) is 17.4 Å². The molecule has 2 amide bonds. The molecular weight excluding hydrogens is 336 g/mol. The standard InChI is InChI=1S/C18H14N4O4/c1-9-16(23)20-13-8-10(6-7-14(13)26-9)19-18(25)15-11-4-2-3-5-12(11)17(24)22-21-15/h2-9H,1H3,(H,19,25)(H,20,23)(H,22,24)/t9-/m0/s1. The van der Waals surface area contributed by atoms with E-state index < -0.39 is 12.0 Å². The second-order valence-electron chi connectivity index (χ2n) is 5.86. The van der Waals surface area contributed by atoms with Gasteiger partial charge in [0.25, 0.3) is 17.4 Å². The van der Waals surface area contributed by atoms with Crippen LogP contribution in [0.3, 0.4) is 0 Å². The molecule has 0 radical (unpaired) electrons.